The first-order chi connectivity index (χ1) is 11.3. The molecule has 25 heavy (non-hydrogen) atoms. The quantitative estimate of drug-likeness (QED) is 0.518. The normalized spacial score (nSPS) is 17.5. The molecule has 2 rings (SSSR count). The zero-order valence-electron chi connectivity index (χ0n) is 17.2. The van der Waals surface area contributed by atoms with Gasteiger partial charge in [-0.1, -0.05) is 64.4 Å². The van der Waals surface area contributed by atoms with Crippen molar-refractivity contribution in [2.45, 2.75) is 79.8 Å². The molecule has 4 heteroatoms. The molecule has 0 radical (unpaired) electrons. The van der Waals surface area contributed by atoms with Gasteiger partial charge in [-0.2, -0.15) is 0 Å². The number of hydrogen-bond acceptors (Lipinski definition) is 3. The monoisotopic (exact) mass is 412 g/mol. The molecule has 0 amide bonds. The van der Waals surface area contributed by atoms with Crippen molar-refractivity contribution in [3.05, 3.63) is 27.7 Å². The maximum absolute atomic E-state index is 12.6. The average molecular weight is 413 g/mol. The van der Waals surface area contributed by atoms with Crippen molar-refractivity contribution in [1.82, 2.24) is 0 Å². The minimum Gasteiger partial charge on any atom is -0.487 e. The summed E-state index contributed by atoms with van der Waals surface area (Å²) in [7, 11) is 0. The van der Waals surface area contributed by atoms with Gasteiger partial charge in [0.1, 0.15) is 16.9 Å². The lowest BCUT2D eigenvalue weighted by atomic mass is 9.73. The second-order valence-electron chi connectivity index (χ2n) is 8.89. The molecule has 0 aliphatic carbocycles. The van der Waals surface area contributed by atoms with Gasteiger partial charge < -0.3 is 9.47 Å². The van der Waals surface area contributed by atoms with Crippen LogP contribution < -0.4 is 4.74 Å². The molecule has 1 aromatic carbocycles. The van der Waals surface area contributed by atoms with Crippen molar-refractivity contribution in [3.8, 4) is 5.75 Å². The molecule has 1 aliphatic heterocycles. The maximum Gasteiger partial charge on any atom is 0.341 e. The zero-order chi connectivity index (χ0) is 19.6. The van der Waals surface area contributed by atoms with E-state index in [0.717, 1.165) is 16.5 Å². The van der Waals surface area contributed by atoms with E-state index in [-0.39, 0.29) is 22.4 Å². The molecule has 0 spiro atoms. The van der Waals surface area contributed by atoms with E-state index in [0.29, 0.717) is 17.9 Å². The van der Waals surface area contributed by atoms with E-state index in [9.17, 15) is 4.79 Å². The molecule has 3 nitrogen and oxygen atoms in total. The van der Waals surface area contributed by atoms with Crippen LogP contribution in [0.25, 0.3) is 0 Å². The largest absolute Gasteiger partial charge is 0.487 e. The molecule has 0 fully saturated rings. The van der Waals surface area contributed by atoms with Gasteiger partial charge in [-0.05, 0) is 43.2 Å². The summed E-state index contributed by atoms with van der Waals surface area (Å²) in [5.74, 6) is 0.333. The first kappa shape index (κ1) is 22.0. The van der Waals surface area contributed by atoms with Gasteiger partial charge in [0.2, 0.25) is 0 Å². The summed E-state index contributed by atoms with van der Waals surface area (Å²) in [4.78, 5) is 12.6. The molecule has 0 saturated heterocycles. The highest BCUT2D eigenvalue weighted by molar-refractivity contribution is 9.10. The molecule has 0 saturated carbocycles. The van der Waals surface area contributed by atoms with Gasteiger partial charge in [0.15, 0.2) is 0 Å². The van der Waals surface area contributed by atoms with Crippen molar-refractivity contribution in [1.29, 1.82) is 0 Å². The molecule has 0 bridgehead atoms. The highest BCUT2D eigenvalue weighted by Crippen LogP contribution is 2.47. The van der Waals surface area contributed by atoms with Crippen molar-refractivity contribution >= 4 is 21.9 Å². The third-order valence-electron chi connectivity index (χ3n) is 3.89. The SMILES string of the molecule is CC.CC(C)(C)COC(=O)c1cc(Br)cc2c1OC(C)(C)CC2(C)C. The second-order valence-corrected chi connectivity index (χ2v) is 9.80. The Morgan fingerprint density at radius 3 is 2.28 bits per heavy atom. The smallest absolute Gasteiger partial charge is 0.341 e. The van der Waals surface area contributed by atoms with Crippen molar-refractivity contribution in [3.63, 3.8) is 0 Å². The zero-order valence-corrected chi connectivity index (χ0v) is 18.8. The molecule has 1 heterocycles. The van der Waals surface area contributed by atoms with Crippen LogP contribution in [0.2, 0.25) is 0 Å². The Morgan fingerprint density at radius 2 is 1.76 bits per heavy atom. The van der Waals surface area contributed by atoms with E-state index in [4.69, 9.17) is 9.47 Å². The van der Waals surface area contributed by atoms with Gasteiger partial charge in [0.25, 0.3) is 0 Å². The fourth-order valence-electron chi connectivity index (χ4n) is 3.19. The third-order valence-corrected chi connectivity index (χ3v) is 4.34. The van der Waals surface area contributed by atoms with E-state index < -0.39 is 0 Å². The summed E-state index contributed by atoms with van der Waals surface area (Å²) < 4.78 is 12.6. The van der Waals surface area contributed by atoms with E-state index in [1.165, 1.54) is 0 Å². The van der Waals surface area contributed by atoms with Crippen LogP contribution in [0, 0.1) is 5.41 Å². The molecule has 0 unspecified atom stereocenters. The summed E-state index contributed by atoms with van der Waals surface area (Å²) in [5, 5.41) is 0. The van der Waals surface area contributed by atoms with E-state index in [1.54, 1.807) is 6.07 Å². The van der Waals surface area contributed by atoms with Gasteiger partial charge in [-0.15, -0.1) is 0 Å². The standard InChI is InChI=1S/C19H27BrO3.C2H6/c1-17(2,3)11-22-16(21)13-8-12(20)9-14-15(13)23-19(6,7)10-18(14,4)5;1-2/h8-9H,10-11H2,1-7H3;1-2H3. The lowest BCUT2D eigenvalue weighted by molar-refractivity contribution is 0.0316. The minimum atomic E-state index is -0.328. The summed E-state index contributed by atoms with van der Waals surface area (Å²) in [6, 6.07) is 3.84. The summed E-state index contributed by atoms with van der Waals surface area (Å²) in [6.45, 7) is 19.0. The number of fused-ring (bicyclic) bond motifs is 1. The Labute approximate surface area is 161 Å². The van der Waals surface area contributed by atoms with E-state index in [1.807, 2.05) is 40.7 Å². The number of hydrogen-bond donors (Lipinski definition) is 0. The Hall–Kier alpha value is -1.03. The Morgan fingerprint density at radius 1 is 1.20 bits per heavy atom. The highest BCUT2D eigenvalue weighted by atomic mass is 79.9. The van der Waals surface area contributed by atoms with Crippen LogP contribution in [-0.2, 0) is 10.2 Å². The summed E-state index contributed by atoms with van der Waals surface area (Å²) in [6.07, 6.45) is 0.889. The van der Waals surface area contributed by atoms with Gasteiger partial charge in [-0.3, -0.25) is 0 Å². The number of esters is 1. The van der Waals surface area contributed by atoms with Gasteiger partial charge >= 0.3 is 5.97 Å². The molecule has 0 N–H and O–H groups in total. The molecule has 0 aromatic heterocycles. The maximum atomic E-state index is 12.6. The average Bonchev–Trinajstić information content (AvgIpc) is 2.45. The van der Waals surface area contributed by atoms with Crippen LogP contribution in [0.15, 0.2) is 16.6 Å². The van der Waals surface area contributed by atoms with E-state index in [2.05, 4.69) is 43.6 Å². The van der Waals surface area contributed by atoms with Crippen molar-refractivity contribution < 1.29 is 14.3 Å². The van der Waals surface area contributed by atoms with Crippen LogP contribution in [0.1, 0.15) is 84.7 Å². The second kappa shape index (κ2) is 7.69. The van der Waals surface area contributed by atoms with E-state index >= 15 is 0 Å². The third kappa shape index (κ3) is 5.73. The van der Waals surface area contributed by atoms with Crippen LogP contribution in [-0.4, -0.2) is 18.2 Å². The lowest BCUT2D eigenvalue weighted by Crippen LogP contribution is -2.42. The van der Waals surface area contributed by atoms with Crippen LogP contribution >= 0.6 is 15.9 Å². The molecule has 1 aromatic rings. The number of halogens is 1. The van der Waals surface area contributed by atoms with Crippen LogP contribution in [0.5, 0.6) is 5.75 Å². The van der Waals surface area contributed by atoms with Crippen LogP contribution in [0.4, 0.5) is 0 Å². The van der Waals surface area contributed by atoms with Crippen molar-refractivity contribution in [2.75, 3.05) is 6.61 Å². The van der Waals surface area contributed by atoms with Gasteiger partial charge in [0, 0.05) is 10.0 Å². The Kier molecular flexibility index (Phi) is 6.77. The Bertz CT molecular complexity index is 625. The number of carbonyl (C=O) groups is 1. The first-order valence-corrected chi connectivity index (χ1v) is 9.80. The topological polar surface area (TPSA) is 35.5 Å². The first-order valence-electron chi connectivity index (χ1n) is 9.01. The summed E-state index contributed by atoms with van der Waals surface area (Å²) >= 11 is 3.52. The van der Waals surface area contributed by atoms with Crippen molar-refractivity contribution in [2.24, 2.45) is 5.41 Å². The Balaban J connectivity index is 0.00000151. The fraction of sp³-hybridized carbons (Fsp3) is 0.667. The summed E-state index contributed by atoms with van der Waals surface area (Å²) in [5.41, 5.74) is 1.10. The predicted molar refractivity (Wildman–Crippen MR) is 108 cm³/mol. The molecule has 0 atom stereocenters. The highest BCUT2D eigenvalue weighted by Gasteiger charge is 2.41. The fourth-order valence-corrected chi connectivity index (χ4v) is 3.65. The molecular formula is C21H33BrO3. The number of rotatable bonds is 2. The number of carbonyl (C=O) groups excluding carboxylic acids is 1. The van der Waals surface area contributed by atoms with Gasteiger partial charge in [0.05, 0.1) is 6.61 Å². The number of ether oxygens (including phenoxy) is 2. The molecule has 142 valence electrons. The lowest BCUT2D eigenvalue weighted by Gasteiger charge is -2.43. The molecular weight excluding hydrogens is 380 g/mol. The predicted octanol–water partition coefficient (Wildman–Crippen LogP) is 6.52. The number of benzene rings is 1. The molecule has 1 aliphatic rings. The van der Waals surface area contributed by atoms with Gasteiger partial charge in [-0.25, -0.2) is 4.79 Å². The minimum absolute atomic E-state index is 0.0683. The van der Waals surface area contributed by atoms with Crippen LogP contribution in [0.3, 0.4) is 0 Å².